The quantitative estimate of drug-likeness (QED) is 0.800. The molecule has 0 radical (unpaired) electrons. The summed E-state index contributed by atoms with van der Waals surface area (Å²) < 4.78 is 12.3. The second-order valence-electron chi connectivity index (χ2n) is 7.36. The lowest BCUT2D eigenvalue weighted by Crippen LogP contribution is -2.56. The second kappa shape index (κ2) is 6.60. The Morgan fingerprint density at radius 3 is 3.14 bits per heavy atom. The van der Waals surface area contributed by atoms with Gasteiger partial charge in [-0.05, 0) is 49.5 Å². The first-order valence-electron chi connectivity index (χ1n) is 8.78. The Labute approximate surface area is 137 Å². The van der Waals surface area contributed by atoms with E-state index in [4.69, 9.17) is 9.47 Å². The molecule has 1 aliphatic carbocycles. The summed E-state index contributed by atoms with van der Waals surface area (Å²) in [6.45, 7) is 6.20. The largest absolute Gasteiger partial charge is 0.380 e. The maximum absolute atomic E-state index is 6.14. The number of ether oxygens (including phenoxy) is 2. The van der Waals surface area contributed by atoms with E-state index in [1.165, 1.54) is 30.6 Å². The Morgan fingerprint density at radius 1 is 1.36 bits per heavy atom. The van der Waals surface area contributed by atoms with E-state index < -0.39 is 0 Å². The van der Waals surface area contributed by atoms with Crippen molar-refractivity contribution in [1.82, 2.24) is 4.90 Å². The highest BCUT2D eigenvalue weighted by Crippen LogP contribution is 2.41. The molecule has 3 fully saturated rings. The van der Waals surface area contributed by atoms with Gasteiger partial charge >= 0.3 is 0 Å². The third-order valence-electron chi connectivity index (χ3n) is 5.47. The van der Waals surface area contributed by atoms with Crippen LogP contribution in [-0.2, 0) is 16.0 Å². The van der Waals surface area contributed by atoms with Crippen molar-refractivity contribution in [2.24, 2.45) is 11.3 Å². The van der Waals surface area contributed by atoms with E-state index in [2.05, 4.69) is 22.4 Å². The van der Waals surface area contributed by atoms with Crippen LogP contribution in [0.1, 0.15) is 37.0 Å². The van der Waals surface area contributed by atoms with Crippen molar-refractivity contribution in [3.8, 4) is 0 Å². The van der Waals surface area contributed by atoms with Gasteiger partial charge in [-0.3, -0.25) is 4.90 Å². The summed E-state index contributed by atoms with van der Waals surface area (Å²) in [5.74, 6) is 0.852. The molecule has 4 rings (SSSR count). The van der Waals surface area contributed by atoms with Crippen molar-refractivity contribution >= 4 is 11.3 Å². The average molecular weight is 321 g/mol. The number of nitrogens with zero attached hydrogens (tertiary/aromatic N) is 1. The van der Waals surface area contributed by atoms with Crippen LogP contribution in [0.15, 0.2) is 17.5 Å². The van der Waals surface area contributed by atoms with Crippen LogP contribution in [0.3, 0.4) is 0 Å². The molecule has 0 bridgehead atoms. The molecule has 1 aromatic heterocycles. The van der Waals surface area contributed by atoms with Crippen LogP contribution < -0.4 is 0 Å². The zero-order chi connectivity index (χ0) is 14.8. The van der Waals surface area contributed by atoms with Gasteiger partial charge in [0.05, 0.1) is 12.7 Å². The minimum atomic E-state index is 0.239. The third kappa shape index (κ3) is 3.40. The SMILES string of the molecule is c1csc(CN2CCC3OCCCC3(COCC3CC3)C2)c1. The van der Waals surface area contributed by atoms with E-state index in [1.54, 1.807) is 0 Å². The molecule has 4 heteroatoms. The van der Waals surface area contributed by atoms with E-state index in [-0.39, 0.29) is 5.41 Å². The predicted molar refractivity (Wildman–Crippen MR) is 89.2 cm³/mol. The summed E-state index contributed by atoms with van der Waals surface area (Å²) in [5.41, 5.74) is 0.239. The molecule has 0 N–H and O–H groups in total. The first kappa shape index (κ1) is 15.1. The highest BCUT2D eigenvalue weighted by molar-refractivity contribution is 7.09. The fourth-order valence-corrected chi connectivity index (χ4v) is 4.81. The Hall–Kier alpha value is -0.420. The van der Waals surface area contributed by atoms with Crippen LogP contribution in [-0.4, -0.2) is 43.9 Å². The van der Waals surface area contributed by atoms with Gasteiger partial charge in [0, 0.05) is 43.1 Å². The molecule has 22 heavy (non-hydrogen) atoms. The lowest BCUT2D eigenvalue weighted by atomic mass is 9.73. The standard InChI is InChI=1S/C18H27NO2S/c1-3-16(22-10-1)11-19-8-6-17-18(13-19,7-2-9-21-17)14-20-12-15-4-5-15/h1,3,10,15,17H,2,4-9,11-14H2. The normalized spacial score (nSPS) is 32.8. The summed E-state index contributed by atoms with van der Waals surface area (Å²) in [5, 5.41) is 2.18. The zero-order valence-electron chi connectivity index (χ0n) is 13.3. The smallest absolute Gasteiger partial charge is 0.0677 e. The fraction of sp³-hybridized carbons (Fsp3) is 0.778. The molecule has 3 heterocycles. The van der Waals surface area contributed by atoms with Crippen molar-refractivity contribution in [3.63, 3.8) is 0 Å². The molecule has 0 amide bonds. The molecule has 0 spiro atoms. The second-order valence-corrected chi connectivity index (χ2v) is 8.39. The van der Waals surface area contributed by atoms with Crippen LogP contribution in [0.2, 0.25) is 0 Å². The lowest BCUT2D eigenvalue weighted by Gasteiger charge is -2.50. The van der Waals surface area contributed by atoms with Gasteiger partial charge < -0.3 is 9.47 Å². The number of likely N-dealkylation sites (tertiary alicyclic amines) is 1. The van der Waals surface area contributed by atoms with Gasteiger partial charge in [0.1, 0.15) is 0 Å². The topological polar surface area (TPSA) is 21.7 Å². The number of thiophene rings is 1. The zero-order valence-corrected chi connectivity index (χ0v) is 14.2. The molecule has 0 aromatic carbocycles. The van der Waals surface area contributed by atoms with Crippen molar-refractivity contribution in [2.75, 3.05) is 32.9 Å². The summed E-state index contributed by atoms with van der Waals surface area (Å²) >= 11 is 1.87. The monoisotopic (exact) mass is 321 g/mol. The lowest BCUT2D eigenvalue weighted by molar-refractivity contribution is -0.154. The summed E-state index contributed by atoms with van der Waals surface area (Å²) in [7, 11) is 0. The molecule has 1 aromatic rings. The number of hydrogen-bond donors (Lipinski definition) is 0. The van der Waals surface area contributed by atoms with Crippen LogP contribution in [0, 0.1) is 11.3 Å². The van der Waals surface area contributed by atoms with Crippen LogP contribution >= 0.6 is 11.3 Å². The van der Waals surface area contributed by atoms with Crippen molar-refractivity contribution in [3.05, 3.63) is 22.4 Å². The Kier molecular flexibility index (Phi) is 4.54. The molecule has 2 unspecified atom stereocenters. The van der Waals surface area contributed by atoms with Gasteiger partial charge in [-0.25, -0.2) is 0 Å². The summed E-state index contributed by atoms with van der Waals surface area (Å²) in [4.78, 5) is 4.10. The van der Waals surface area contributed by atoms with Gasteiger partial charge in [-0.1, -0.05) is 6.07 Å². The van der Waals surface area contributed by atoms with E-state index >= 15 is 0 Å². The molecular formula is C18H27NO2S. The van der Waals surface area contributed by atoms with Gasteiger partial charge in [-0.15, -0.1) is 11.3 Å². The highest BCUT2D eigenvalue weighted by Gasteiger charge is 2.46. The van der Waals surface area contributed by atoms with E-state index in [9.17, 15) is 0 Å². The average Bonchev–Trinajstić information content (AvgIpc) is 3.22. The number of piperidine rings is 1. The molecular weight excluding hydrogens is 294 g/mol. The minimum Gasteiger partial charge on any atom is -0.380 e. The fourth-order valence-electron chi connectivity index (χ4n) is 4.06. The molecule has 2 saturated heterocycles. The van der Waals surface area contributed by atoms with Crippen LogP contribution in [0.25, 0.3) is 0 Å². The summed E-state index contributed by atoms with van der Waals surface area (Å²) in [6, 6.07) is 4.41. The first-order chi connectivity index (χ1) is 10.8. The number of rotatable bonds is 6. The van der Waals surface area contributed by atoms with E-state index in [1.807, 2.05) is 11.3 Å². The van der Waals surface area contributed by atoms with E-state index in [0.29, 0.717) is 6.10 Å². The number of fused-ring (bicyclic) bond motifs is 1. The molecule has 3 aliphatic rings. The molecule has 1 saturated carbocycles. The van der Waals surface area contributed by atoms with Crippen LogP contribution in [0.4, 0.5) is 0 Å². The maximum atomic E-state index is 6.14. The predicted octanol–water partition coefficient (Wildman–Crippen LogP) is 3.55. The van der Waals surface area contributed by atoms with Gasteiger partial charge in [0.25, 0.3) is 0 Å². The van der Waals surface area contributed by atoms with Gasteiger partial charge in [0.15, 0.2) is 0 Å². The molecule has 2 atom stereocenters. The highest BCUT2D eigenvalue weighted by atomic mass is 32.1. The third-order valence-corrected chi connectivity index (χ3v) is 6.33. The molecule has 122 valence electrons. The van der Waals surface area contributed by atoms with E-state index in [0.717, 1.165) is 51.8 Å². The Bertz CT molecular complexity index is 473. The van der Waals surface area contributed by atoms with Crippen molar-refractivity contribution < 1.29 is 9.47 Å². The van der Waals surface area contributed by atoms with Gasteiger partial charge in [0.2, 0.25) is 0 Å². The van der Waals surface area contributed by atoms with Crippen molar-refractivity contribution in [1.29, 1.82) is 0 Å². The summed E-state index contributed by atoms with van der Waals surface area (Å²) in [6.07, 6.45) is 6.78. The van der Waals surface area contributed by atoms with Crippen LogP contribution in [0.5, 0.6) is 0 Å². The molecule has 2 aliphatic heterocycles. The maximum Gasteiger partial charge on any atom is 0.0677 e. The van der Waals surface area contributed by atoms with Gasteiger partial charge in [-0.2, -0.15) is 0 Å². The molecule has 3 nitrogen and oxygen atoms in total. The first-order valence-corrected chi connectivity index (χ1v) is 9.66. The number of hydrogen-bond acceptors (Lipinski definition) is 4. The van der Waals surface area contributed by atoms with Crippen molar-refractivity contribution in [2.45, 2.75) is 44.8 Å². The Balaban J connectivity index is 1.40. The Morgan fingerprint density at radius 2 is 2.32 bits per heavy atom. The minimum absolute atomic E-state index is 0.239.